The van der Waals surface area contributed by atoms with Gasteiger partial charge in [-0.1, -0.05) is 53.7 Å². The van der Waals surface area contributed by atoms with Crippen LogP contribution >= 0.6 is 0 Å². The minimum Gasteiger partial charge on any atom is -0.364 e. The first-order chi connectivity index (χ1) is 12.8. The lowest BCUT2D eigenvalue weighted by molar-refractivity contribution is -0.0856. The van der Waals surface area contributed by atoms with Crippen LogP contribution in [-0.2, 0) is 11.3 Å². The molecule has 6 heteroatoms. The number of hydrogen-bond donors (Lipinski definition) is 1. The number of para-hydroxylation sites is 1. The number of benzene rings is 2. The van der Waals surface area contributed by atoms with Crippen LogP contribution in [-0.4, -0.2) is 34.2 Å². The lowest BCUT2D eigenvalue weighted by atomic mass is 10.1. The summed E-state index contributed by atoms with van der Waals surface area (Å²) in [5.74, 6) is 0.577. The first kappa shape index (κ1) is 16.8. The Bertz CT molecular complexity index is 822. The van der Waals surface area contributed by atoms with Crippen LogP contribution in [0.1, 0.15) is 24.4 Å². The summed E-state index contributed by atoms with van der Waals surface area (Å²) in [6, 6.07) is 20.6. The number of ether oxygens (including phenoxy) is 1. The van der Waals surface area contributed by atoms with Crippen LogP contribution in [0.15, 0.2) is 65.2 Å². The molecule has 1 aliphatic heterocycles. The van der Waals surface area contributed by atoms with Crippen molar-refractivity contribution in [3.05, 3.63) is 72.1 Å². The van der Waals surface area contributed by atoms with Crippen molar-refractivity contribution < 1.29 is 9.26 Å². The SMILES string of the molecule is C[C@@H]1CN(Cc2ccccc2)C[C@H](c2noc(Nc3ccccc3)n2)O1. The molecule has 2 heterocycles. The first-order valence-corrected chi connectivity index (χ1v) is 8.84. The number of morpholine rings is 1. The van der Waals surface area contributed by atoms with Crippen LogP contribution in [0.3, 0.4) is 0 Å². The Labute approximate surface area is 152 Å². The summed E-state index contributed by atoms with van der Waals surface area (Å²) in [5.41, 5.74) is 2.20. The van der Waals surface area contributed by atoms with Crippen molar-refractivity contribution in [2.24, 2.45) is 0 Å². The number of nitrogens with one attached hydrogen (secondary N) is 1. The van der Waals surface area contributed by atoms with E-state index in [2.05, 4.69) is 51.5 Å². The predicted octanol–water partition coefficient (Wildman–Crippen LogP) is 3.78. The highest BCUT2D eigenvalue weighted by Gasteiger charge is 2.30. The smallest absolute Gasteiger partial charge is 0.326 e. The van der Waals surface area contributed by atoms with Crippen LogP contribution in [0.25, 0.3) is 0 Å². The fraction of sp³-hybridized carbons (Fsp3) is 0.300. The van der Waals surface area contributed by atoms with Crippen molar-refractivity contribution in [2.75, 3.05) is 18.4 Å². The average molecular weight is 350 g/mol. The standard InChI is InChI=1S/C20H22N4O2/c1-15-12-24(13-16-8-4-2-5-9-16)14-18(25-15)19-22-20(26-23-19)21-17-10-6-3-7-11-17/h2-11,15,18H,12-14H2,1H3,(H,21,22,23)/t15-,18-/m1/s1. The second-order valence-corrected chi connectivity index (χ2v) is 6.56. The monoisotopic (exact) mass is 350 g/mol. The zero-order valence-corrected chi connectivity index (χ0v) is 14.7. The van der Waals surface area contributed by atoms with E-state index in [4.69, 9.17) is 9.26 Å². The molecule has 0 amide bonds. The van der Waals surface area contributed by atoms with Crippen LogP contribution in [0, 0.1) is 0 Å². The molecule has 6 nitrogen and oxygen atoms in total. The van der Waals surface area contributed by atoms with Gasteiger partial charge in [0.1, 0.15) is 6.10 Å². The third-order valence-electron chi connectivity index (χ3n) is 4.34. The van der Waals surface area contributed by atoms with Gasteiger partial charge in [-0.2, -0.15) is 4.98 Å². The lowest BCUT2D eigenvalue weighted by Gasteiger charge is -2.35. The van der Waals surface area contributed by atoms with Gasteiger partial charge in [0.25, 0.3) is 0 Å². The highest BCUT2D eigenvalue weighted by molar-refractivity contribution is 5.51. The molecule has 0 spiro atoms. The van der Waals surface area contributed by atoms with E-state index in [1.54, 1.807) is 0 Å². The van der Waals surface area contributed by atoms with Gasteiger partial charge in [-0.15, -0.1) is 0 Å². The third-order valence-corrected chi connectivity index (χ3v) is 4.34. The average Bonchev–Trinajstić information content (AvgIpc) is 3.11. The van der Waals surface area contributed by atoms with Crippen LogP contribution in [0.2, 0.25) is 0 Å². The van der Waals surface area contributed by atoms with Crippen molar-refractivity contribution >= 4 is 11.7 Å². The Hall–Kier alpha value is -2.70. The number of hydrogen-bond acceptors (Lipinski definition) is 6. The predicted molar refractivity (Wildman–Crippen MR) is 99.0 cm³/mol. The molecule has 4 rings (SSSR count). The Balaban J connectivity index is 1.43. The van der Waals surface area contributed by atoms with Gasteiger partial charge in [0.05, 0.1) is 6.10 Å². The van der Waals surface area contributed by atoms with Gasteiger partial charge < -0.3 is 14.6 Å². The summed E-state index contributed by atoms with van der Waals surface area (Å²) in [7, 11) is 0. The quantitative estimate of drug-likeness (QED) is 0.756. The molecule has 0 bridgehead atoms. The number of aromatic nitrogens is 2. The van der Waals surface area contributed by atoms with E-state index in [-0.39, 0.29) is 12.2 Å². The van der Waals surface area contributed by atoms with Gasteiger partial charge in [0.15, 0.2) is 0 Å². The van der Waals surface area contributed by atoms with Gasteiger partial charge in [-0.05, 0) is 24.6 Å². The number of nitrogens with zero attached hydrogens (tertiary/aromatic N) is 3. The molecule has 0 aliphatic carbocycles. The van der Waals surface area contributed by atoms with Crippen molar-refractivity contribution in [2.45, 2.75) is 25.7 Å². The van der Waals surface area contributed by atoms with E-state index in [1.165, 1.54) is 5.56 Å². The molecular formula is C20H22N4O2. The summed E-state index contributed by atoms with van der Waals surface area (Å²) in [6.07, 6.45) is -0.0842. The lowest BCUT2D eigenvalue weighted by Crippen LogP contribution is -2.42. The molecule has 1 fully saturated rings. The van der Waals surface area contributed by atoms with Crippen molar-refractivity contribution in [1.29, 1.82) is 0 Å². The topological polar surface area (TPSA) is 63.4 Å². The van der Waals surface area contributed by atoms with Gasteiger partial charge in [0.2, 0.25) is 5.82 Å². The molecule has 26 heavy (non-hydrogen) atoms. The molecule has 134 valence electrons. The maximum Gasteiger partial charge on any atom is 0.326 e. The number of anilines is 2. The van der Waals surface area contributed by atoms with Gasteiger partial charge in [-0.25, -0.2) is 0 Å². The first-order valence-electron chi connectivity index (χ1n) is 8.84. The van der Waals surface area contributed by atoms with Crippen molar-refractivity contribution in [3.8, 4) is 0 Å². The second kappa shape index (κ2) is 7.68. The molecular weight excluding hydrogens is 328 g/mol. The van der Waals surface area contributed by atoms with Gasteiger partial charge >= 0.3 is 6.01 Å². The fourth-order valence-corrected chi connectivity index (χ4v) is 3.21. The van der Waals surface area contributed by atoms with Gasteiger partial charge in [0, 0.05) is 25.3 Å². The summed E-state index contributed by atoms with van der Waals surface area (Å²) in [4.78, 5) is 6.83. The Morgan fingerprint density at radius 3 is 2.54 bits per heavy atom. The Morgan fingerprint density at radius 2 is 1.77 bits per heavy atom. The van der Waals surface area contributed by atoms with Crippen LogP contribution in [0.4, 0.5) is 11.7 Å². The minimum atomic E-state index is -0.197. The normalized spacial score (nSPS) is 20.8. The molecule has 2 atom stereocenters. The molecule has 1 aromatic heterocycles. The molecule has 2 aromatic carbocycles. The van der Waals surface area contributed by atoms with Crippen molar-refractivity contribution in [1.82, 2.24) is 15.0 Å². The molecule has 0 unspecified atom stereocenters. The summed E-state index contributed by atoms with van der Waals surface area (Å²) in [5, 5.41) is 7.23. The number of rotatable bonds is 5. The van der Waals surface area contributed by atoms with E-state index in [0.29, 0.717) is 11.8 Å². The molecule has 1 aliphatic rings. The largest absolute Gasteiger partial charge is 0.364 e. The summed E-state index contributed by atoms with van der Waals surface area (Å²) in [6.45, 7) is 4.59. The highest BCUT2D eigenvalue weighted by Crippen LogP contribution is 2.26. The second-order valence-electron chi connectivity index (χ2n) is 6.56. The Kier molecular flexibility index (Phi) is 4.95. The maximum atomic E-state index is 6.05. The molecule has 1 N–H and O–H groups in total. The van der Waals surface area contributed by atoms with E-state index in [1.807, 2.05) is 36.4 Å². The zero-order chi connectivity index (χ0) is 17.8. The minimum absolute atomic E-state index is 0.112. The molecule has 3 aromatic rings. The molecule has 0 saturated carbocycles. The highest BCUT2D eigenvalue weighted by atomic mass is 16.5. The van der Waals surface area contributed by atoms with E-state index in [0.717, 1.165) is 25.3 Å². The van der Waals surface area contributed by atoms with E-state index >= 15 is 0 Å². The van der Waals surface area contributed by atoms with Crippen molar-refractivity contribution in [3.63, 3.8) is 0 Å². The Morgan fingerprint density at radius 1 is 1.04 bits per heavy atom. The maximum absolute atomic E-state index is 6.05. The zero-order valence-electron chi connectivity index (χ0n) is 14.7. The summed E-state index contributed by atoms with van der Waals surface area (Å²) < 4.78 is 11.4. The van der Waals surface area contributed by atoms with E-state index in [9.17, 15) is 0 Å². The fourth-order valence-electron chi connectivity index (χ4n) is 3.21. The van der Waals surface area contributed by atoms with Crippen LogP contribution in [0.5, 0.6) is 0 Å². The third kappa shape index (κ3) is 4.09. The van der Waals surface area contributed by atoms with E-state index < -0.39 is 0 Å². The molecule has 0 radical (unpaired) electrons. The van der Waals surface area contributed by atoms with Gasteiger partial charge in [-0.3, -0.25) is 4.90 Å². The van der Waals surface area contributed by atoms with Crippen LogP contribution < -0.4 is 5.32 Å². The summed E-state index contributed by atoms with van der Waals surface area (Å²) >= 11 is 0. The molecule has 1 saturated heterocycles.